The molecule has 0 bridgehead atoms. The van der Waals surface area contributed by atoms with Crippen molar-refractivity contribution in [3.8, 4) is 0 Å². The highest BCUT2D eigenvalue weighted by molar-refractivity contribution is 5.74. The highest BCUT2D eigenvalue weighted by atomic mass is 16.4. The molecule has 2 N–H and O–H groups in total. The third-order valence-electron chi connectivity index (χ3n) is 4.22. The van der Waals surface area contributed by atoms with Crippen LogP contribution in [-0.4, -0.2) is 41.6 Å². The van der Waals surface area contributed by atoms with E-state index in [9.17, 15) is 9.59 Å². The van der Waals surface area contributed by atoms with Crippen molar-refractivity contribution < 1.29 is 14.7 Å². The third kappa shape index (κ3) is 5.80. The first-order valence-electron chi connectivity index (χ1n) is 7.77. The minimum Gasteiger partial charge on any atom is -0.481 e. The van der Waals surface area contributed by atoms with Gasteiger partial charge in [0, 0.05) is 26.1 Å². The third-order valence-corrected chi connectivity index (χ3v) is 4.22. The second kappa shape index (κ2) is 8.82. The molecule has 5 nitrogen and oxygen atoms in total. The molecule has 0 aromatic carbocycles. The van der Waals surface area contributed by atoms with E-state index in [0.717, 1.165) is 18.8 Å². The van der Waals surface area contributed by atoms with Crippen LogP contribution < -0.4 is 5.32 Å². The largest absolute Gasteiger partial charge is 0.481 e. The van der Waals surface area contributed by atoms with Crippen molar-refractivity contribution in [1.82, 2.24) is 10.2 Å². The summed E-state index contributed by atoms with van der Waals surface area (Å²) in [5.74, 6) is 0.0186. The topological polar surface area (TPSA) is 69.6 Å². The van der Waals surface area contributed by atoms with Crippen molar-refractivity contribution in [2.75, 3.05) is 13.6 Å². The van der Waals surface area contributed by atoms with E-state index in [2.05, 4.69) is 12.2 Å². The Morgan fingerprint density at radius 1 is 1.25 bits per heavy atom. The lowest BCUT2D eigenvalue weighted by Crippen LogP contribution is -2.45. The van der Waals surface area contributed by atoms with Crippen molar-refractivity contribution in [2.45, 2.75) is 64.3 Å². The molecule has 1 aliphatic carbocycles. The van der Waals surface area contributed by atoms with Gasteiger partial charge in [-0.25, -0.2) is 4.79 Å². The quantitative estimate of drug-likeness (QED) is 0.706. The van der Waals surface area contributed by atoms with Gasteiger partial charge in [0.15, 0.2) is 0 Å². The van der Waals surface area contributed by atoms with Crippen molar-refractivity contribution in [3.05, 3.63) is 0 Å². The number of hydrogen-bond donors (Lipinski definition) is 2. The number of rotatable bonds is 7. The van der Waals surface area contributed by atoms with Crippen LogP contribution in [0.2, 0.25) is 0 Å². The first-order valence-corrected chi connectivity index (χ1v) is 7.77. The van der Waals surface area contributed by atoms with E-state index in [-0.39, 0.29) is 12.5 Å². The molecule has 0 aliphatic heterocycles. The average Bonchev–Trinajstić information content (AvgIpc) is 2.43. The van der Waals surface area contributed by atoms with Gasteiger partial charge in [0.05, 0.1) is 0 Å². The van der Waals surface area contributed by atoms with Gasteiger partial charge in [-0.2, -0.15) is 0 Å². The Hall–Kier alpha value is -1.26. The maximum absolute atomic E-state index is 12.0. The zero-order valence-electron chi connectivity index (χ0n) is 12.7. The zero-order chi connectivity index (χ0) is 15.0. The molecule has 0 saturated heterocycles. The molecule has 0 aromatic heterocycles. The van der Waals surface area contributed by atoms with Gasteiger partial charge in [0.2, 0.25) is 0 Å². The summed E-state index contributed by atoms with van der Waals surface area (Å²) in [6, 6.07) is 0.261. The van der Waals surface area contributed by atoms with E-state index >= 15 is 0 Å². The van der Waals surface area contributed by atoms with Gasteiger partial charge in [0.1, 0.15) is 0 Å². The molecular weight excluding hydrogens is 256 g/mol. The Kier molecular flexibility index (Phi) is 7.41. The van der Waals surface area contributed by atoms with Crippen molar-refractivity contribution >= 4 is 12.0 Å². The fourth-order valence-corrected chi connectivity index (χ4v) is 2.95. The molecule has 1 rings (SSSR count). The number of nitrogens with one attached hydrogen (secondary N) is 1. The summed E-state index contributed by atoms with van der Waals surface area (Å²) in [5, 5.41) is 11.3. The number of carbonyl (C=O) groups is 2. The fourth-order valence-electron chi connectivity index (χ4n) is 2.95. The standard InChI is InChI=1S/C15H28N2O3/c1-3-5-12-7-9-13(10-8-12)17(2)15(20)16-11-4-6-14(18)19/h12-13H,3-11H2,1-2H3,(H,16,20)(H,18,19). The van der Waals surface area contributed by atoms with Crippen molar-refractivity contribution in [2.24, 2.45) is 5.92 Å². The average molecular weight is 284 g/mol. The normalized spacial score (nSPS) is 22.3. The summed E-state index contributed by atoms with van der Waals surface area (Å²) in [7, 11) is 1.84. The lowest BCUT2D eigenvalue weighted by molar-refractivity contribution is -0.137. The molecule has 1 saturated carbocycles. The minimum atomic E-state index is -0.818. The van der Waals surface area contributed by atoms with E-state index in [1.54, 1.807) is 4.90 Å². The molecular formula is C15H28N2O3. The Morgan fingerprint density at radius 2 is 1.90 bits per heavy atom. The smallest absolute Gasteiger partial charge is 0.317 e. The SMILES string of the molecule is CCCC1CCC(N(C)C(=O)NCCCC(=O)O)CC1. The predicted molar refractivity (Wildman–Crippen MR) is 78.7 cm³/mol. The number of carboxylic acid groups (broad SMARTS) is 1. The zero-order valence-corrected chi connectivity index (χ0v) is 12.7. The number of carboxylic acids is 1. The molecule has 1 aliphatic rings. The van der Waals surface area contributed by atoms with Crippen LogP contribution in [0, 0.1) is 5.92 Å². The Bertz CT molecular complexity index is 312. The number of carbonyl (C=O) groups excluding carboxylic acids is 1. The van der Waals surface area contributed by atoms with E-state index in [4.69, 9.17) is 5.11 Å². The Balaban J connectivity index is 2.22. The molecule has 0 heterocycles. The molecule has 0 aromatic rings. The van der Waals surface area contributed by atoms with Crippen LogP contribution in [0.3, 0.4) is 0 Å². The second-order valence-corrected chi connectivity index (χ2v) is 5.80. The first kappa shape index (κ1) is 16.8. The number of hydrogen-bond acceptors (Lipinski definition) is 2. The van der Waals surface area contributed by atoms with E-state index in [0.29, 0.717) is 19.0 Å². The highest BCUT2D eigenvalue weighted by Gasteiger charge is 2.25. The van der Waals surface area contributed by atoms with Gasteiger partial charge in [-0.05, 0) is 38.0 Å². The van der Waals surface area contributed by atoms with Gasteiger partial charge in [-0.1, -0.05) is 19.8 Å². The molecule has 5 heteroatoms. The fraction of sp³-hybridized carbons (Fsp3) is 0.867. The lowest BCUT2D eigenvalue weighted by Gasteiger charge is -2.34. The number of amides is 2. The summed E-state index contributed by atoms with van der Waals surface area (Å²) < 4.78 is 0. The lowest BCUT2D eigenvalue weighted by atomic mass is 9.83. The Morgan fingerprint density at radius 3 is 2.45 bits per heavy atom. The minimum absolute atomic E-state index is 0.0747. The molecule has 20 heavy (non-hydrogen) atoms. The molecule has 116 valence electrons. The first-order chi connectivity index (χ1) is 9.54. The van der Waals surface area contributed by atoms with Crippen LogP contribution in [0.4, 0.5) is 4.79 Å². The van der Waals surface area contributed by atoms with Gasteiger partial charge in [-0.15, -0.1) is 0 Å². The van der Waals surface area contributed by atoms with Crippen LogP contribution in [0.5, 0.6) is 0 Å². The summed E-state index contributed by atoms with van der Waals surface area (Å²) in [6.07, 6.45) is 7.75. The number of urea groups is 1. The number of nitrogens with zero attached hydrogens (tertiary/aromatic N) is 1. The van der Waals surface area contributed by atoms with Gasteiger partial charge >= 0.3 is 12.0 Å². The number of aliphatic carboxylic acids is 1. The summed E-state index contributed by atoms with van der Waals surface area (Å²) in [6.45, 7) is 2.66. The van der Waals surface area contributed by atoms with Gasteiger partial charge < -0.3 is 15.3 Å². The summed E-state index contributed by atoms with van der Waals surface area (Å²) in [4.78, 5) is 24.1. The molecule has 0 radical (unpaired) electrons. The van der Waals surface area contributed by atoms with Crippen LogP contribution in [0.1, 0.15) is 58.3 Å². The molecule has 0 unspecified atom stereocenters. The van der Waals surface area contributed by atoms with Crippen LogP contribution >= 0.6 is 0 Å². The van der Waals surface area contributed by atoms with Crippen molar-refractivity contribution in [1.29, 1.82) is 0 Å². The molecule has 0 spiro atoms. The highest BCUT2D eigenvalue weighted by Crippen LogP contribution is 2.29. The van der Waals surface area contributed by atoms with Gasteiger partial charge in [-0.3, -0.25) is 4.79 Å². The second-order valence-electron chi connectivity index (χ2n) is 5.80. The predicted octanol–water partition coefficient (Wildman–Crippen LogP) is 2.85. The summed E-state index contributed by atoms with van der Waals surface area (Å²) in [5.41, 5.74) is 0. The molecule has 2 amide bonds. The summed E-state index contributed by atoms with van der Waals surface area (Å²) >= 11 is 0. The van der Waals surface area contributed by atoms with Crippen LogP contribution in [0.25, 0.3) is 0 Å². The van der Waals surface area contributed by atoms with Crippen molar-refractivity contribution in [3.63, 3.8) is 0 Å². The molecule has 0 atom stereocenters. The van der Waals surface area contributed by atoms with E-state index in [1.807, 2.05) is 7.05 Å². The van der Waals surface area contributed by atoms with Crippen LogP contribution in [-0.2, 0) is 4.79 Å². The van der Waals surface area contributed by atoms with Crippen LogP contribution in [0.15, 0.2) is 0 Å². The maximum Gasteiger partial charge on any atom is 0.317 e. The van der Waals surface area contributed by atoms with E-state index in [1.165, 1.54) is 25.7 Å². The molecule has 1 fully saturated rings. The maximum atomic E-state index is 12.0. The Labute approximate surface area is 121 Å². The monoisotopic (exact) mass is 284 g/mol. The van der Waals surface area contributed by atoms with E-state index < -0.39 is 5.97 Å². The van der Waals surface area contributed by atoms with Gasteiger partial charge in [0.25, 0.3) is 0 Å².